The third-order valence-electron chi connectivity index (χ3n) is 5.61. The lowest BCUT2D eigenvalue weighted by Crippen LogP contribution is -2.33. The van der Waals surface area contributed by atoms with Gasteiger partial charge in [-0.05, 0) is 30.5 Å². The summed E-state index contributed by atoms with van der Waals surface area (Å²) in [6.45, 7) is 0.651. The van der Waals surface area contributed by atoms with E-state index < -0.39 is 17.4 Å². The maximum absolute atomic E-state index is 14.9. The molecule has 1 aliphatic rings. The van der Waals surface area contributed by atoms with E-state index in [0.29, 0.717) is 35.6 Å². The number of nitrogens with two attached hydrogens (primary N) is 1. The molecule has 0 radical (unpaired) electrons. The van der Waals surface area contributed by atoms with E-state index in [0.717, 1.165) is 24.2 Å². The fourth-order valence-corrected chi connectivity index (χ4v) is 3.86. The number of nitrogens with one attached hydrogen (secondary N) is 3. The summed E-state index contributed by atoms with van der Waals surface area (Å²) in [5.74, 6) is -0.270. The summed E-state index contributed by atoms with van der Waals surface area (Å²) >= 11 is 0. The molecule has 0 fully saturated rings. The van der Waals surface area contributed by atoms with Crippen molar-refractivity contribution in [3.8, 4) is 11.5 Å². The van der Waals surface area contributed by atoms with Gasteiger partial charge in [0.2, 0.25) is 0 Å². The number of carbonyl (C=O) groups excluding carboxylic acids is 1. The van der Waals surface area contributed by atoms with E-state index in [9.17, 15) is 14.0 Å². The van der Waals surface area contributed by atoms with E-state index in [1.54, 1.807) is 6.07 Å². The summed E-state index contributed by atoms with van der Waals surface area (Å²) in [6, 6.07) is 14.1. The molecule has 0 atom stereocenters. The number of hydrogen-bond acceptors (Lipinski definition) is 7. The third-order valence-corrected chi connectivity index (χ3v) is 5.61. The van der Waals surface area contributed by atoms with E-state index >= 15 is 0 Å². The SMILES string of the molecule is N/C(=C(/NC(=O)Nc1ccc(Oc2ccnc3[nH]c(=O)cnc23)cc1F)C1=NCCC1)c1ccccc1. The van der Waals surface area contributed by atoms with E-state index in [2.05, 4.69) is 30.6 Å². The van der Waals surface area contributed by atoms with Gasteiger partial charge in [0.05, 0.1) is 29.0 Å². The fourth-order valence-electron chi connectivity index (χ4n) is 3.86. The van der Waals surface area contributed by atoms with Crippen molar-refractivity contribution in [1.29, 1.82) is 0 Å². The van der Waals surface area contributed by atoms with Crippen molar-refractivity contribution in [2.24, 2.45) is 10.7 Å². The van der Waals surface area contributed by atoms with Crippen LogP contribution in [-0.4, -0.2) is 33.2 Å². The molecule has 10 nitrogen and oxygen atoms in total. The number of nitrogens with zero attached hydrogens (tertiary/aromatic N) is 3. The minimum Gasteiger partial charge on any atom is -0.455 e. The van der Waals surface area contributed by atoms with Gasteiger partial charge < -0.3 is 26.1 Å². The molecule has 0 saturated heterocycles. The zero-order valence-corrected chi connectivity index (χ0v) is 19.5. The van der Waals surface area contributed by atoms with Gasteiger partial charge in [-0.25, -0.2) is 19.2 Å². The number of rotatable bonds is 6. The van der Waals surface area contributed by atoms with Crippen LogP contribution in [0.3, 0.4) is 0 Å². The largest absolute Gasteiger partial charge is 0.455 e. The van der Waals surface area contributed by atoms with Crippen molar-refractivity contribution >= 4 is 34.3 Å². The van der Waals surface area contributed by atoms with Crippen LogP contribution in [-0.2, 0) is 0 Å². The van der Waals surface area contributed by atoms with Crippen molar-refractivity contribution in [3.63, 3.8) is 0 Å². The second-order valence-electron chi connectivity index (χ2n) is 8.16. The van der Waals surface area contributed by atoms with Crippen LogP contribution >= 0.6 is 0 Å². The number of hydrogen-bond donors (Lipinski definition) is 4. The Bertz CT molecular complexity index is 1600. The molecule has 186 valence electrons. The van der Waals surface area contributed by atoms with Crippen molar-refractivity contribution in [2.75, 3.05) is 11.9 Å². The molecule has 4 aromatic rings. The zero-order chi connectivity index (χ0) is 25.8. The lowest BCUT2D eigenvalue weighted by Gasteiger charge is -2.15. The molecule has 1 aliphatic heterocycles. The standard InChI is InChI=1S/C26H22FN7O3/c27-17-13-16(37-20-10-12-30-25-24(20)31-14-21(35)33-25)8-9-18(17)32-26(36)34-23(19-7-4-11-29-19)22(28)15-5-2-1-3-6-15/h1-3,5-6,8-10,12-14H,4,7,11,28H2,(H,30,33,35)(H2,32,34,36)/b23-22+. The number of fused-ring (bicyclic) bond motifs is 1. The summed E-state index contributed by atoms with van der Waals surface area (Å²) in [4.78, 5) is 39.4. The Hall–Kier alpha value is -5.06. The topological polar surface area (TPSA) is 147 Å². The Morgan fingerprint density at radius 1 is 1.11 bits per heavy atom. The molecule has 5 N–H and O–H groups in total. The van der Waals surface area contributed by atoms with Crippen LogP contribution in [0, 0.1) is 5.82 Å². The molecule has 0 spiro atoms. The summed E-state index contributed by atoms with van der Waals surface area (Å²) in [5, 5.41) is 5.25. The number of halogens is 1. The zero-order valence-electron chi connectivity index (χ0n) is 19.5. The molecule has 3 heterocycles. The van der Waals surface area contributed by atoms with Gasteiger partial charge in [-0.1, -0.05) is 30.3 Å². The van der Waals surface area contributed by atoms with Crippen molar-refractivity contribution in [1.82, 2.24) is 20.3 Å². The maximum atomic E-state index is 14.9. The van der Waals surface area contributed by atoms with Gasteiger partial charge in [-0.3, -0.25) is 9.79 Å². The summed E-state index contributed by atoms with van der Waals surface area (Å²) in [7, 11) is 0. The van der Waals surface area contributed by atoms with Crippen LogP contribution in [0.1, 0.15) is 18.4 Å². The van der Waals surface area contributed by atoms with Crippen LogP contribution in [0.5, 0.6) is 11.5 Å². The van der Waals surface area contributed by atoms with Gasteiger partial charge in [0.25, 0.3) is 5.56 Å². The first kappa shape index (κ1) is 23.7. The number of H-pyrrole nitrogens is 1. The van der Waals surface area contributed by atoms with Gasteiger partial charge in [-0.2, -0.15) is 0 Å². The quantitative estimate of drug-likeness (QED) is 0.316. The molecule has 5 rings (SSSR count). The highest BCUT2D eigenvalue weighted by Gasteiger charge is 2.19. The summed E-state index contributed by atoms with van der Waals surface area (Å²) < 4.78 is 20.6. The van der Waals surface area contributed by atoms with Gasteiger partial charge in [0, 0.05) is 24.9 Å². The lowest BCUT2D eigenvalue weighted by atomic mass is 10.1. The Labute approximate surface area is 210 Å². The average Bonchev–Trinajstić information content (AvgIpc) is 3.44. The third kappa shape index (κ3) is 5.30. The van der Waals surface area contributed by atoms with Crippen LogP contribution in [0.4, 0.5) is 14.9 Å². The second kappa shape index (κ2) is 10.3. The first-order chi connectivity index (χ1) is 18.0. The van der Waals surface area contributed by atoms with Crippen molar-refractivity contribution in [2.45, 2.75) is 12.8 Å². The van der Waals surface area contributed by atoms with Crippen molar-refractivity contribution < 1.29 is 13.9 Å². The number of allylic oxidation sites excluding steroid dienone is 1. The van der Waals surface area contributed by atoms with Crippen LogP contribution in [0.25, 0.3) is 16.9 Å². The van der Waals surface area contributed by atoms with Crippen LogP contribution in [0.15, 0.2) is 82.5 Å². The predicted molar refractivity (Wildman–Crippen MR) is 138 cm³/mol. The number of aromatic amines is 1. The monoisotopic (exact) mass is 499 g/mol. The van der Waals surface area contributed by atoms with Crippen molar-refractivity contribution in [3.05, 3.63) is 94.4 Å². The van der Waals surface area contributed by atoms with Crippen LogP contribution < -0.4 is 26.7 Å². The first-order valence-electron chi connectivity index (χ1n) is 11.5. The molecular formula is C26H22FN7O3. The molecule has 0 bridgehead atoms. The lowest BCUT2D eigenvalue weighted by molar-refractivity contribution is 0.254. The maximum Gasteiger partial charge on any atom is 0.323 e. The highest BCUT2D eigenvalue weighted by atomic mass is 19.1. The minimum atomic E-state index is -0.716. The second-order valence-corrected chi connectivity index (χ2v) is 8.16. The highest BCUT2D eigenvalue weighted by Crippen LogP contribution is 2.28. The van der Waals surface area contributed by atoms with Crippen LogP contribution in [0.2, 0.25) is 0 Å². The molecule has 0 aliphatic carbocycles. The molecule has 2 aromatic carbocycles. The number of benzene rings is 2. The normalized spacial score (nSPS) is 13.6. The molecule has 2 amide bonds. The molecular weight excluding hydrogens is 477 g/mol. The molecule has 0 saturated carbocycles. The van der Waals surface area contributed by atoms with Gasteiger partial charge in [-0.15, -0.1) is 0 Å². The first-order valence-corrected chi connectivity index (χ1v) is 11.5. The number of urea groups is 1. The number of aliphatic imine (C=N–C) groups is 1. The highest BCUT2D eigenvalue weighted by molar-refractivity contribution is 6.10. The molecule has 11 heteroatoms. The fraction of sp³-hybridized carbons (Fsp3) is 0.115. The predicted octanol–water partition coefficient (Wildman–Crippen LogP) is 3.93. The number of carbonyl (C=O) groups is 1. The Kier molecular flexibility index (Phi) is 6.58. The molecule has 0 unspecified atom stereocenters. The Balaban J connectivity index is 1.34. The van der Waals surface area contributed by atoms with E-state index in [4.69, 9.17) is 10.5 Å². The minimum absolute atomic E-state index is 0.0575. The van der Waals surface area contributed by atoms with E-state index in [1.165, 1.54) is 18.3 Å². The Morgan fingerprint density at radius 2 is 1.95 bits per heavy atom. The Morgan fingerprint density at radius 3 is 2.70 bits per heavy atom. The van der Waals surface area contributed by atoms with E-state index in [-0.39, 0.29) is 22.8 Å². The number of aromatic nitrogens is 3. The number of ether oxygens (including phenoxy) is 1. The summed E-state index contributed by atoms with van der Waals surface area (Å²) in [6.07, 6.45) is 4.08. The summed E-state index contributed by atoms with van der Waals surface area (Å²) in [5.41, 5.74) is 8.67. The number of anilines is 1. The smallest absolute Gasteiger partial charge is 0.323 e. The van der Waals surface area contributed by atoms with Gasteiger partial charge in [0.15, 0.2) is 11.4 Å². The number of amides is 2. The average molecular weight is 500 g/mol. The number of pyridine rings is 1. The van der Waals surface area contributed by atoms with Gasteiger partial charge in [0.1, 0.15) is 17.1 Å². The van der Waals surface area contributed by atoms with Gasteiger partial charge >= 0.3 is 6.03 Å². The molecule has 2 aromatic heterocycles. The van der Waals surface area contributed by atoms with E-state index in [1.807, 2.05) is 30.3 Å². The molecule has 37 heavy (non-hydrogen) atoms.